The molecule has 0 radical (unpaired) electrons. The lowest BCUT2D eigenvalue weighted by atomic mass is 9.82. The van der Waals surface area contributed by atoms with Crippen LogP contribution in [0.1, 0.15) is 46.5 Å². The van der Waals surface area contributed by atoms with Crippen molar-refractivity contribution in [2.24, 2.45) is 5.73 Å². The third-order valence-corrected chi connectivity index (χ3v) is 5.16. The maximum Gasteiger partial charge on any atom is 0.214 e. The second-order valence-electron chi connectivity index (χ2n) is 5.09. The van der Waals surface area contributed by atoms with Crippen molar-refractivity contribution in [2.45, 2.75) is 63.3 Å². The van der Waals surface area contributed by atoms with Gasteiger partial charge in [0.25, 0.3) is 0 Å². The number of nitrogens with one attached hydrogen (secondary N) is 1. The molecule has 5 heteroatoms. The Kier molecular flexibility index (Phi) is 3.79. The van der Waals surface area contributed by atoms with Crippen molar-refractivity contribution in [1.82, 2.24) is 4.72 Å². The smallest absolute Gasteiger partial charge is 0.214 e. The van der Waals surface area contributed by atoms with Crippen LogP contribution in [0.2, 0.25) is 0 Å². The highest BCUT2D eigenvalue weighted by Crippen LogP contribution is 2.28. The molecule has 0 aromatic heterocycles. The Morgan fingerprint density at radius 2 is 1.80 bits per heavy atom. The van der Waals surface area contributed by atoms with Crippen LogP contribution >= 0.6 is 0 Å². The van der Waals surface area contributed by atoms with E-state index in [4.69, 9.17) is 5.73 Å². The number of nitrogens with two attached hydrogens (primary N) is 1. The second kappa shape index (κ2) is 4.39. The monoisotopic (exact) mass is 234 g/mol. The first-order valence-corrected chi connectivity index (χ1v) is 7.08. The number of hydrogen-bond acceptors (Lipinski definition) is 3. The SMILES string of the molecule is CC(C)S(=O)(=O)NC1(C)CCC(N)CC1. The third kappa shape index (κ3) is 3.43. The molecule has 0 bridgehead atoms. The summed E-state index contributed by atoms with van der Waals surface area (Å²) in [5.74, 6) is 0. The molecule has 0 aromatic rings. The molecule has 0 atom stereocenters. The van der Waals surface area contributed by atoms with Gasteiger partial charge in [-0.1, -0.05) is 0 Å². The van der Waals surface area contributed by atoms with E-state index in [9.17, 15) is 8.42 Å². The number of hydrogen-bond donors (Lipinski definition) is 2. The molecule has 90 valence electrons. The zero-order valence-corrected chi connectivity index (χ0v) is 10.6. The summed E-state index contributed by atoms with van der Waals surface area (Å²) in [4.78, 5) is 0. The molecule has 1 saturated carbocycles. The summed E-state index contributed by atoms with van der Waals surface area (Å²) in [5.41, 5.74) is 5.51. The minimum atomic E-state index is -3.16. The molecule has 0 saturated heterocycles. The molecule has 1 aliphatic rings. The van der Waals surface area contributed by atoms with Gasteiger partial charge in [-0.2, -0.15) is 0 Å². The van der Waals surface area contributed by atoms with Crippen molar-refractivity contribution in [3.05, 3.63) is 0 Å². The van der Waals surface area contributed by atoms with Gasteiger partial charge >= 0.3 is 0 Å². The van der Waals surface area contributed by atoms with Crippen LogP contribution in [-0.4, -0.2) is 25.2 Å². The third-order valence-electron chi connectivity index (χ3n) is 3.14. The van der Waals surface area contributed by atoms with E-state index in [0.29, 0.717) is 0 Å². The Balaban J connectivity index is 2.65. The average molecular weight is 234 g/mol. The molecule has 0 amide bonds. The van der Waals surface area contributed by atoms with Gasteiger partial charge in [-0.3, -0.25) is 0 Å². The van der Waals surface area contributed by atoms with Gasteiger partial charge in [0.05, 0.1) is 5.25 Å². The van der Waals surface area contributed by atoms with Gasteiger partial charge in [-0.05, 0) is 46.5 Å². The Bertz CT molecular complexity index is 303. The van der Waals surface area contributed by atoms with Crippen LogP contribution in [0, 0.1) is 0 Å². The Hall–Kier alpha value is -0.130. The predicted octanol–water partition coefficient (Wildman–Crippen LogP) is 0.974. The minimum absolute atomic E-state index is 0.238. The first kappa shape index (κ1) is 12.9. The maximum absolute atomic E-state index is 11.7. The van der Waals surface area contributed by atoms with Crippen LogP contribution in [0.25, 0.3) is 0 Å². The van der Waals surface area contributed by atoms with Crippen molar-refractivity contribution in [3.63, 3.8) is 0 Å². The molecular weight excluding hydrogens is 212 g/mol. The van der Waals surface area contributed by atoms with E-state index in [1.54, 1.807) is 13.8 Å². The molecule has 0 aliphatic heterocycles. The van der Waals surface area contributed by atoms with Crippen molar-refractivity contribution >= 4 is 10.0 Å². The molecule has 0 heterocycles. The predicted molar refractivity (Wildman–Crippen MR) is 62.0 cm³/mol. The average Bonchev–Trinajstić information content (AvgIpc) is 2.09. The Morgan fingerprint density at radius 1 is 1.33 bits per heavy atom. The topological polar surface area (TPSA) is 72.2 Å². The number of rotatable bonds is 3. The maximum atomic E-state index is 11.7. The highest BCUT2D eigenvalue weighted by Gasteiger charge is 2.34. The first-order chi connectivity index (χ1) is 6.75. The fourth-order valence-electron chi connectivity index (χ4n) is 1.84. The largest absolute Gasteiger partial charge is 0.328 e. The van der Waals surface area contributed by atoms with Crippen LogP contribution < -0.4 is 10.5 Å². The van der Waals surface area contributed by atoms with Gasteiger partial charge in [-0.25, -0.2) is 13.1 Å². The van der Waals surface area contributed by atoms with E-state index in [2.05, 4.69) is 4.72 Å². The molecular formula is C10H22N2O2S. The summed E-state index contributed by atoms with van der Waals surface area (Å²) in [6, 6.07) is 0.238. The molecule has 15 heavy (non-hydrogen) atoms. The van der Waals surface area contributed by atoms with E-state index in [0.717, 1.165) is 25.7 Å². The van der Waals surface area contributed by atoms with Crippen molar-refractivity contribution < 1.29 is 8.42 Å². The van der Waals surface area contributed by atoms with Gasteiger partial charge in [0.15, 0.2) is 0 Å². The van der Waals surface area contributed by atoms with Crippen LogP contribution in [0.5, 0.6) is 0 Å². The summed E-state index contributed by atoms with van der Waals surface area (Å²) >= 11 is 0. The summed E-state index contributed by atoms with van der Waals surface area (Å²) in [6.45, 7) is 5.36. The Labute approximate surface area is 92.7 Å². The van der Waals surface area contributed by atoms with Crippen molar-refractivity contribution in [3.8, 4) is 0 Å². The highest BCUT2D eigenvalue weighted by molar-refractivity contribution is 7.90. The molecule has 0 unspecified atom stereocenters. The lowest BCUT2D eigenvalue weighted by Crippen LogP contribution is -2.51. The van der Waals surface area contributed by atoms with Crippen molar-refractivity contribution in [2.75, 3.05) is 0 Å². The van der Waals surface area contributed by atoms with Gasteiger partial charge in [0, 0.05) is 11.6 Å². The fraction of sp³-hybridized carbons (Fsp3) is 1.00. The lowest BCUT2D eigenvalue weighted by molar-refractivity contribution is 0.271. The van der Waals surface area contributed by atoms with Crippen molar-refractivity contribution in [1.29, 1.82) is 0 Å². The van der Waals surface area contributed by atoms with E-state index in [-0.39, 0.29) is 16.8 Å². The molecule has 0 aromatic carbocycles. The minimum Gasteiger partial charge on any atom is -0.328 e. The van der Waals surface area contributed by atoms with Crippen LogP contribution in [0.3, 0.4) is 0 Å². The number of sulfonamides is 1. The summed E-state index contributed by atoms with van der Waals surface area (Å²) in [6.07, 6.45) is 3.47. The Morgan fingerprint density at radius 3 is 2.20 bits per heavy atom. The van der Waals surface area contributed by atoms with Gasteiger partial charge in [0.2, 0.25) is 10.0 Å². The van der Waals surface area contributed by atoms with Crippen LogP contribution in [-0.2, 0) is 10.0 Å². The zero-order valence-electron chi connectivity index (χ0n) is 9.79. The summed E-state index contributed by atoms with van der Waals surface area (Å²) in [7, 11) is -3.16. The molecule has 1 aliphatic carbocycles. The summed E-state index contributed by atoms with van der Waals surface area (Å²) in [5, 5.41) is -0.370. The van der Waals surface area contributed by atoms with Gasteiger partial charge in [-0.15, -0.1) is 0 Å². The van der Waals surface area contributed by atoms with E-state index >= 15 is 0 Å². The van der Waals surface area contributed by atoms with E-state index in [1.807, 2.05) is 6.92 Å². The molecule has 3 N–H and O–H groups in total. The standard InChI is InChI=1S/C10H22N2O2S/c1-8(2)15(13,14)12-10(3)6-4-9(11)5-7-10/h8-9,12H,4-7,11H2,1-3H3. The second-order valence-corrected chi connectivity index (χ2v) is 7.33. The normalized spacial score (nSPS) is 33.3. The fourth-order valence-corrected chi connectivity index (χ4v) is 2.97. The lowest BCUT2D eigenvalue weighted by Gasteiger charge is -2.37. The van der Waals surface area contributed by atoms with Crippen LogP contribution in [0.15, 0.2) is 0 Å². The quantitative estimate of drug-likeness (QED) is 0.764. The molecule has 1 rings (SSSR count). The molecule has 4 nitrogen and oxygen atoms in total. The zero-order chi connectivity index (χ0) is 11.7. The van der Waals surface area contributed by atoms with E-state index < -0.39 is 10.0 Å². The van der Waals surface area contributed by atoms with Gasteiger partial charge in [0.1, 0.15) is 0 Å². The molecule has 0 spiro atoms. The van der Waals surface area contributed by atoms with E-state index in [1.165, 1.54) is 0 Å². The molecule has 1 fully saturated rings. The van der Waals surface area contributed by atoms with Crippen LogP contribution in [0.4, 0.5) is 0 Å². The first-order valence-electron chi connectivity index (χ1n) is 5.53. The highest BCUT2D eigenvalue weighted by atomic mass is 32.2. The summed E-state index contributed by atoms with van der Waals surface area (Å²) < 4.78 is 26.3. The van der Waals surface area contributed by atoms with Gasteiger partial charge < -0.3 is 5.73 Å².